The van der Waals surface area contributed by atoms with Crippen LogP contribution in [-0.4, -0.2) is 32.9 Å². The molecule has 3 heterocycles. The van der Waals surface area contributed by atoms with Crippen LogP contribution in [0.2, 0.25) is 0 Å². The lowest BCUT2D eigenvalue weighted by Crippen LogP contribution is -2.24. The third kappa shape index (κ3) is 3.15. The second kappa shape index (κ2) is 6.87. The van der Waals surface area contributed by atoms with Gasteiger partial charge in [-0.2, -0.15) is 5.10 Å². The Kier molecular flexibility index (Phi) is 4.54. The van der Waals surface area contributed by atoms with Crippen LogP contribution in [0.4, 0.5) is 5.69 Å². The molecule has 5 nitrogen and oxygen atoms in total. The van der Waals surface area contributed by atoms with Gasteiger partial charge in [0.15, 0.2) is 0 Å². The van der Waals surface area contributed by atoms with Gasteiger partial charge in [0.1, 0.15) is 0 Å². The van der Waals surface area contributed by atoms with Crippen LogP contribution in [0.1, 0.15) is 41.9 Å². The molecule has 27 heavy (non-hydrogen) atoms. The highest BCUT2D eigenvalue weighted by molar-refractivity contribution is 5.67. The Morgan fingerprint density at radius 2 is 2.00 bits per heavy atom. The van der Waals surface area contributed by atoms with Crippen LogP contribution in [0, 0.1) is 20.8 Å². The van der Waals surface area contributed by atoms with Crippen molar-refractivity contribution < 1.29 is 0 Å². The normalized spacial score (nSPS) is 15.1. The van der Waals surface area contributed by atoms with E-state index in [0.717, 1.165) is 25.2 Å². The summed E-state index contributed by atoms with van der Waals surface area (Å²) < 4.78 is 4.40. The fourth-order valence-electron chi connectivity index (χ4n) is 4.19. The second-order valence-electron chi connectivity index (χ2n) is 7.89. The SMILES string of the molecule is Cc1nn([C@@H](C)Cn2cncc2-c2ccc3c(c2)CCCN3C)c(C)c1C. The monoisotopic (exact) mass is 363 g/mol. The van der Waals surface area contributed by atoms with Crippen molar-refractivity contribution in [3.8, 4) is 11.3 Å². The van der Waals surface area contributed by atoms with Crippen molar-refractivity contribution in [1.82, 2.24) is 19.3 Å². The van der Waals surface area contributed by atoms with E-state index in [1.807, 2.05) is 12.5 Å². The lowest BCUT2D eigenvalue weighted by molar-refractivity contribution is 0.418. The van der Waals surface area contributed by atoms with Gasteiger partial charge in [-0.1, -0.05) is 6.07 Å². The maximum absolute atomic E-state index is 4.74. The molecular formula is C22H29N5. The van der Waals surface area contributed by atoms with Crippen LogP contribution < -0.4 is 4.90 Å². The van der Waals surface area contributed by atoms with Gasteiger partial charge in [0, 0.05) is 37.1 Å². The maximum atomic E-state index is 4.74. The van der Waals surface area contributed by atoms with Crippen molar-refractivity contribution in [2.24, 2.45) is 0 Å². The summed E-state index contributed by atoms with van der Waals surface area (Å²) in [6, 6.07) is 7.10. The van der Waals surface area contributed by atoms with Crippen LogP contribution in [0.15, 0.2) is 30.7 Å². The Morgan fingerprint density at radius 3 is 2.74 bits per heavy atom. The number of benzene rings is 1. The van der Waals surface area contributed by atoms with Gasteiger partial charge in [-0.05, 0) is 63.8 Å². The summed E-state index contributed by atoms with van der Waals surface area (Å²) in [5, 5.41) is 4.74. The first-order chi connectivity index (χ1) is 13.0. The molecule has 1 aromatic carbocycles. The molecule has 1 aliphatic heterocycles. The molecule has 0 saturated heterocycles. The van der Waals surface area contributed by atoms with E-state index in [1.165, 1.54) is 40.2 Å². The molecule has 2 aromatic heterocycles. The summed E-state index contributed by atoms with van der Waals surface area (Å²) >= 11 is 0. The molecule has 142 valence electrons. The third-order valence-electron chi connectivity index (χ3n) is 6.00. The molecule has 1 aliphatic rings. The lowest BCUT2D eigenvalue weighted by Gasteiger charge is -2.28. The van der Waals surface area contributed by atoms with Crippen molar-refractivity contribution in [3.05, 3.63) is 53.2 Å². The Hall–Kier alpha value is -2.56. The van der Waals surface area contributed by atoms with Crippen molar-refractivity contribution in [3.63, 3.8) is 0 Å². The maximum Gasteiger partial charge on any atom is 0.0951 e. The number of rotatable bonds is 4. The summed E-state index contributed by atoms with van der Waals surface area (Å²) in [7, 11) is 2.18. The first-order valence-corrected chi connectivity index (χ1v) is 9.82. The number of aromatic nitrogens is 4. The Labute approximate surface area is 161 Å². The number of anilines is 1. The number of imidazole rings is 1. The second-order valence-corrected chi connectivity index (χ2v) is 7.89. The van der Waals surface area contributed by atoms with E-state index in [-0.39, 0.29) is 6.04 Å². The van der Waals surface area contributed by atoms with Crippen molar-refractivity contribution in [1.29, 1.82) is 0 Å². The van der Waals surface area contributed by atoms with Gasteiger partial charge in [0.2, 0.25) is 0 Å². The summed E-state index contributed by atoms with van der Waals surface area (Å²) in [5.74, 6) is 0. The van der Waals surface area contributed by atoms with Crippen molar-refractivity contribution in [2.75, 3.05) is 18.5 Å². The predicted octanol–water partition coefficient (Wildman–Crippen LogP) is 4.32. The van der Waals surface area contributed by atoms with Gasteiger partial charge in [-0.3, -0.25) is 4.68 Å². The largest absolute Gasteiger partial charge is 0.374 e. The molecule has 0 aliphatic carbocycles. The van der Waals surface area contributed by atoms with E-state index in [0.29, 0.717) is 0 Å². The minimum absolute atomic E-state index is 0.272. The van der Waals surface area contributed by atoms with Crippen LogP contribution in [-0.2, 0) is 13.0 Å². The van der Waals surface area contributed by atoms with Crippen LogP contribution in [0.25, 0.3) is 11.3 Å². The van der Waals surface area contributed by atoms with Crippen molar-refractivity contribution >= 4 is 5.69 Å². The topological polar surface area (TPSA) is 38.9 Å². The fourth-order valence-corrected chi connectivity index (χ4v) is 4.19. The average molecular weight is 364 g/mol. The molecule has 0 saturated carbocycles. The predicted molar refractivity (Wildman–Crippen MR) is 110 cm³/mol. The lowest BCUT2D eigenvalue weighted by atomic mass is 9.98. The number of hydrogen-bond acceptors (Lipinski definition) is 3. The van der Waals surface area contributed by atoms with Gasteiger partial charge >= 0.3 is 0 Å². The standard InChI is InChI=1S/C22H29N5/c1-15(27-18(4)16(2)17(3)24-27)13-26-14-23-12-22(26)20-8-9-21-19(11-20)7-6-10-25(21)5/h8-9,11-12,14-15H,6-7,10,13H2,1-5H3/t15-/m0/s1. The van der Waals surface area contributed by atoms with E-state index < -0.39 is 0 Å². The summed E-state index contributed by atoms with van der Waals surface area (Å²) in [5.41, 5.74) is 8.88. The highest BCUT2D eigenvalue weighted by Gasteiger charge is 2.18. The Balaban J connectivity index is 1.62. The van der Waals surface area contributed by atoms with Gasteiger partial charge in [-0.25, -0.2) is 4.98 Å². The quantitative estimate of drug-likeness (QED) is 0.693. The fraction of sp³-hybridized carbons (Fsp3) is 0.455. The number of nitrogens with zero attached hydrogens (tertiary/aromatic N) is 5. The van der Waals surface area contributed by atoms with Crippen molar-refractivity contribution in [2.45, 2.75) is 53.1 Å². The minimum Gasteiger partial charge on any atom is -0.374 e. The van der Waals surface area contributed by atoms with E-state index in [9.17, 15) is 0 Å². The molecule has 0 spiro atoms. The molecule has 0 bridgehead atoms. The molecule has 0 radical (unpaired) electrons. The third-order valence-corrected chi connectivity index (χ3v) is 6.00. The summed E-state index contributed by atoms with van der Waals surface area (Å²) in [6.07, 6.45) is 6.30. The van der Waals surface area contributed by atoms with E-state index >= 15 is 0 Å². The highest BCUT2D eigenvalue weighted by Crippen LogP contribution is 2.31. The summed E-state index contributed by atoms with van der Waals surface area (Å²) in [4.78, 5) is 6.79. The molecule has 1 atom stereocenters. The Morgan fingerprint density at radius 1 is 1.19 bits per heavy atom. The zero-order valence-electron chi connectivity index (χ0n) is 17.0. The van der Waals surface area contributed by atoms with E-state index in [2.05, 4.69) is 72.1 Å². The molecule has 3 aromatic rings. The highest BCUT2D eigenvalue weighted by atomic mass is 15.3. The average Bonchev–Trinajstić information content (AvgIpc) is 3.21. The molecular weight excluding hydrogens is 334 g/mol. The minimum atomic E-state index is 0.272. The number of fused-ring (bicyclic) bond motifs is 1. The molecule has 4 rings (SSSR count). The zero-order chi connectivity index (χ0) is 19.1. The molecule has 0 N–H and O–H groups in total. The molecule has 0 unspecified atom stereocenters. The van der Waals surface area contributed by atoms with E-state index in [1.54, 1.807) is 0 Å². The van der Waals surface area contributed by atoms with Crippen LogP contribution in [0.5, 0.6) is 0 Å². The molecule has 0 fully saturated rings. The molecule has 0 amide bonds. The van der Waals surface area contributed by atoms with Gasteiger partial charge in [-0.15, -0.1) is 0 Å². The molecule has 5 heteroatoms. The van der Waals surface area contributed by atoms with E-state index in [4.69, 9.17) is 5.10 Å². The Bertz CT molecular complexity index is 965. The van der Waals surface area contributed by atoms with Crippen LogP contribution in [0.3, 0.4) is 0 Å². The summed E-state index contributed by atoms with van der Waals surface area (Å²) in [6.45, 7) is 10.6. The van der Waals surface area contributed by atoms with Gasteiger partial charge in [0.25, 0.3) is 0 Å². The van der Waals surface area contributed by atoms with Gasteiger partial charge in [0.05, 0.1) is 30.0 Å². The number of hydrogen-bond donors (Lipinski definition) is 0. The first-order valence-electron chi connectivity index (χ1n) is 9.82. The van der Waals surface area contributed by atoms with Gasteiger partial charge < -0.3 is 9.47 Å². The zero-order valence-corrected chi connectivity index (χ0v) is 17.0. The van der Waals surface area contributed by atoms with Crippen LogP contribution >= 0.6 is 0 Å². The smallest absolute Gasteiger partial charge is 0.0951 e. The first kappa shape index (κ1) is 17.8. The number of aryl methyl sites for hydroxylation is 2.